The maximum Gasteiger partial charge on any atom is 0.410 e. The Hall–Kier alpha value is -1.05. The van der Waals surface area contributed by atoms with Crippen LogP contribution < -0.4 is 0 Å². The summed E-state index contributed by atoms with van der Waals surface area (Å²) in [6.45, 7) is 16.9. The molecule has 0 N–H and O–H groups in total. The highest BCUT2D eigenvalue weighted by atomic mass is 16.6. The van der Waals surface area contributed by atoms with Gasteiger partial charge in [0.15, 0.2) is 0 Å². The molecule has 0 fully saturated rings. The van der Waals surface area contributed by atoms with E-state index in [1.54, 1.807) is 7.05 Å². The molecule has 0 saturated heterocycles. The van der Waals surface area contributed by atoms with E-state index in [4.69, 9.17) is 42.6 Å². The predicted octanol–water partition coefficient (Wildman–Crippen LogP) is 8.25. The number of unbranched alkanes of at least 4 members (excludes halogenated alkanes) is 15. The zero-order valence-corrected chi connectivity index (χ0v) is 33.9. The van der Waals surface area contributed by atoms with Gasteiger partial charge in [0.25, 0.3) is 0 Å². The van der Waals surface area contributed by atoms with Crippen molar-refractivity contribution in [3.05, 3.63) is 0 Å². The van der Waals surface area contributed by atoms with Crippen LogP contribution in [0.2, 0.25) is 0 Å². The van der Waals surface area contributed by atoms with Gasteiger partial charge in [0.1, 0.15) is 5.60 Å². The second-order valence-corrected chi connectivity index (χ2v) is 14.1. The number of rotatable bonds is 41. The largest absolute Gasteiger partial charge is 0.444 e. The first-order valence-electron chi connectivity index (χ1n) is 20.4. The zero-order chi connectivity index (χ0) is 37.4. The molecule has 0 atom stereocenters. The molecule has 0 rings (SSSR count). The number of hydrogen-bond acceptors (Lipinski definition) is 10. The third-order valence-electron chi connectivity index (χ3n) is 8.02. The molecule has 0 bridgehead atoms. The monoisotopic (exact) mass is 736 g/mol. The van der Waals surface area contributed by atoms with E-state index in [1.165, 1.54) is 101 Å². The maximum absolute atomic E-state index is 11.9. The van der Waals surface area contributed by atoms with Gasteiger partial charge < -0.3 is 47.5 Å². The topological polar surface area (TPSA) is 103 Å². The molecule has 0 aliphatic rings. The van der Waals surface area contributed by atoms with Gasteiger partial charge in [-0.15, -0.1) is 0 Å². The van der Waals surface area contributed by atoms with Gasteiger partial charge in [-0.3, -0.25) is 0 Å². The van der Waals surface area contributed by atoms with Crippen molar-refractivity contribution in [2.45, 2.75) is 136 Å². The quantitative estimate of drug-likeness (QED) is 0.0571. The Labute approximate surface area is 313 Å². The molecule has 0 aromatic carbocycles. The van der Waals surface area contributed by atoms with E-state index in [1.807, 2.05) is 20.8 Å². The molecule has 51 heavy (non-hydrogen) atoms. The highest BCUT2D eigenvalue weighted by Crippen LogP contribution is 2.14. The smallest absolute Gasteiger partial charge is 0.410 e. The van der Waals surface area contributed by atoms with Crippen LogP contribution in [0, 0.1) is 0 Å². The third kappa shape index (κ3) is 43.2. The first-order chi connectivity index (χ1) is 24.9. The SMILES string of the molecule is CCCCCCCCCCCCCCCCCCOCCOCCOCCOCCOCCOCCOCCOCCN(C)C(=O)OC(C)(C)C. The first kappa shape index (κ1) is 49.9. The Morgan fingerprint density at radius 3 is 0.941 bits per heavy atom. The second-order valence-electron chi connectivity index (χ2n) is 14.1. The number of hydrogen-bond donors (Lipinski definition) is 0. The minimum atomic E-state index is -0.504. The number of nitrogens with zero attached hydrogens (tertiary/aromatic N) is 1. The number of carbonyl (C=O) groups excluding carboxylic acids is 1. The van der Waals surface area contributed by atoms with Crippen LogP contribution in [0.4, 0.5) is 4.79 Å². The first-order valence-corrected chi connectivity index (χ1v) is 20.4. The summed E-state index contributed by atoms with van der Waals surface area (Å²) >= 11 is 0. The van der Waals surface area contributed by atoms with Gasteiger partial charge in [-0.1, -0.05) is 103 Å². The van der Waals surface area contributed by atoms with Crippen molar-refractivity contribution in [1.29, 1.82) is 0 Å². The molecule has 306 valence electrons. The lowest BCUT2D eigenvalue weighted by molar-refractivity contribution is -0.0236. The minimum Gasteiger partial charge on any atom is -0.444 e. The molecular formula is C40H81NO10. The number of carbonyl (C=O) groups is 1. The van der Waals surface area contributed by atoms with Gasteiger partial charge in [-0.05, 0) is 27.2 Å². The Morgan fingerprint density at radius 1 is 0.392 bits per heavy atom. The van der Waals surface area contributed by atoms with Crippen LogP contribution in [0.15, 0.2) is 0 Å². The predicted molar refractivity (Wildman–Crippen MR) is 205 cm³/mol. The highest BCUT2D eigenvalue weighted by molar-refractivity contribution is 5.67. The van der Waals surface area contributed by atoms with Crippen LogP contribution in [0.3, 0.4) is 0 Å². The van der Waals surface area contributed by atoms with Gasteiger partial charge in [-0.25, -0.2) is 4.79 Å². The average molecular weight is 736 g/mol. The molecular weight excluding hydrogens is 654 g/mol. The van der Waals surface area contributed by atoms with Crippen molar-refractivity contribution in [1.82, 2.24) is 4.90 Å². The lowest BCUT2D eigenvalue weighted by Gasteiger charge is -2.24. The van der Waals surface area contributed by atoms with E-state index in [2.05, 4.69) is 6.92 Å². The fourth-order valence-corrected chi connectivity index (χ4v) is 5.03. The number of likely N-dealkylation sites (N-methyl/N-ethyl adjacent to an activating group) is 1. The Kier molecular flexibility index (Phi) is 39.3. The zero-order valence-electron chi connectivity index (χ0n) is 33.9. The van der Waals surface area contributed by atoms with Gasteiger partial charge >= 0.3 is 6.09 Å². The summed E-state index contributed by atoms with van der Waals surface area (Å²) in [7, 11) is 1.69. The van der Waals surface area contributed by atoms with Crippen molar-refractivity contribution in [2.24, 2.45) is 0 Å². The van der Waals surface area contributed by atoms with Crippen molar-refractivity contribution < 1.29 is 47.4 Å². The molecule has 0 aliphatic carbocycles. The van der Waals surface area contributed by atoms with Crippen LogP contribution in [-0.2, 0) is 42.6 Å². The summed E-state index contributed by atoms with van der Waals surface area (Å²) in [4.78, 5) is 13.4. The average Bonchev–Trinajstić information content (AvgIpc) is 3.10. The number of amides is 1. The highest BCUT2D eigenvalue weighted by Gasteiger charge is 2.19. The number of ether oxygens (including phenoxy) is 9. The Bertz CT molecular complexity index is 695. The van der Waals surface area contributed by atoms with Crippen LogP contribution in [-0.4, -0.2) is 136 Å². The van der Waals surface area contributed by atoms with Crippen molar-refractivity contribution in [2.75, 3.05) is 119 Å². The summed E-state index contributed by atoms with van der Waals surface area (Å²) in [5, 5.41) is 0. The molecule has 11 nitrogen and oxygen atoms in total. The summed E-state index contributed by atoms with van der Waals surface area (Å²) < 4.78 is 49.6. The normalized spacial score (nSPS) is 11.8. The van der Waals surface area contributed by atoms with Gasteiger partial charge in [0.05, 0.1) is 99.1 Å². The van der Waals surface area contributed by atoms with Gasteiger partial charge in [0, 0.05) is 20.2 Å². The Morgan fingerprint density at radius 2 is 0.647 bits per heavy atom. The van der Waals surface area contributed by atoms with E-state index < -0.39 is 5.60 Å². The van der Waals surface area contributed by atoms with E-state index in [-0.39, 0.29) is 6.09 Å². The van der Waals surface area contributed by atoms with Crippen molar-refractivity contribution in [3.8, 4) is 0 Å². The fourth-order valence-electron chi connectivity index (χ4n) is 5.03. The van der Waals surface area contributed by atoms with E-state index in [0.717, 1.165) is 13.0 Å². The molecule has 0 saturated carbocycles. The van der Waals surface area contributed by atoms with Crippen LogP contribution in [0.25, 0.3) is 0 Å². The van der Waals surface area contributed by atoms with Crippen LogP contribution in [0.5, 0.6) is 0 Å². The molecule has 0 radical (unpaired) electrons. The second kappa shape index (κ2) is 40.1. The molecule has 1 amide bonds. The summed E-state index contributed by atoms with van der Waals surface area (Å²) in [6, 6.07) is 0. The summed E-state index contributed by atoms with van der Waals surface area (Å²) in [6.07, 6.45) is 21.8. The molecule has 0 heterocycles. The van der Waals surface area contributed by atoms with E-state index >= 15 is 0 Å². The summed E-state index contributed by atoms with van der Waals surface area (Å²) in [5.41, 5.74) is -0.504. The maximum atomic E-state index is 11.9. The minimum absolute atomic E-state index is 0.356. The molecule has 0 aromatic rings. The lowest BCUT2D eigenvalue weighted by atomic mass is 10.0. The van der Waals surface area contributed by atoms with Crippen LogP contribution >= 0.6 is 0 Å². The third-order valence-corrected chi connectivity index (χ3v) is 8.02. The molecule has 0 aliphatic heterocycles. The van der Waals surface area contributed by atoms with E-state index in [9.17, 15) is 4.79 Å². The molecule has 0 spiro atoms. The van der Waals surface area contributed by atoms with Crippen molar-refractivity contribution >= 4 is 6.09 Å². The van der Waals surface area contributed by atoms with Crippen LogP contribution in [0.1, 0.15) is 130 Å². The standard InChI is InChI=1S/C40H81NO10/c1-6-7-8-9-10-11-12-13-14-15-16-17-18-19-20-21-23-43-25-27-45-29-31-47-33-35-49-37-38-50-36-34-48-32-30-46-28-26-44-24-22-41(5)39(42)51-40(2,3)4/h6-38H2,1-5H3. The van der Waals surface area contributed by atoms with E-state index in [0.29, 0.717) is 106 Å². The van der Waals surface area contributed by atoms with Gasteiger partial charge in [0.2, 0.25) is 0 Å². The summed E-state index contributed by atoms with van der Waals surface area (Å²) in [5.74, 6) is 0. The molecule has 11 heteroatoms. The Balaban J connectivity index is 3.13. The lowest BCUT2D eigenvalue weighted by Crippen LogP contribution is -2.36. The van der Waals surface area contributed by atoms with Gasteiger partial charge in [-0.2, -0.15) is 0 Å². The van der Waals surface area contributed by atoms with Crippen molar-refractivity contribution in [3.63, 3.8) is 0 Å². The molecule has 0 aromatic heterocycles. The molecule has 0 unspecified atom stereocenters. The fraction of sp³-hybridized carbons (Fsp3) is 0.975.